The van der Waals surface area contributed by atoms with E-state index in [4.69, 9.17) is 0 Å². The van der Waals surface area contributed by atoms with Crippen LogP contribution in [-0.4, -0.2) is 32.2 Å². The zero-order chi connectivity index (χ0) is 22.6. The molecule has 2 aromatic heterocycles. The molecule has 1 atom stereocenters. The van der Waals surface area contributed by atoms with E-state index in [1.165, 1.54) is 23.4 Å². The maximum atomic E-state index is 11.5. The number of imidazole rings is 1. The number of anilines is 3. The van der Waals surface area contributed by atoms with E-state index < -0.39 is 5.97 Å². The number of carboxylic acid groups (broad SMARTS) is 1. The van der Waals surface area contributed by atoms with Crippen LogP contribution in [0.4, 0.5) is 17.1 Å². The highest BCUT2D eigenvalue weighted by atomic mass is 16.4. The summed E-state index contributed by atoms with van der Waals surface area (Å²) in [6.07, 6.45) is 11.8. The normalized spacial score (nSPS) is 15.0. The van der Waals surface area contributed by atoms with Crippen molar-refractivity contribution in [2.75, 3.05) is 17.2 Å². The molecular formula is C26H25N5O2. The van der Waals surface area contributed by atoms with E-state index in [9.17, 15) is 9.90 Å². The van der Waals surface area contributed by atoms with Crippen molar-refractivity contribution >= 4 is 23.0 Å². The molecule has 0 aliphatic heterocycles. The van der Waals surface area contributed by atoms with Crippen LogP contribution < -0.4 is 10.6 Å². The summed E-state index contributed by atoms with van der Waals surface area (Å²) in [4.78, 5) is 19.6. The summed E-state index contributed by atoms with van der Waals surface area (Å²) in [6, 6.07) is 16.3. The van der Waals surface area contributed by atoms with Crippen LogP contribution >= 0.6 is 0 Å². The van der Waals surface area contributed by atoms with Gasteiger partial charge in [-0.25, -0.2) is 9.78 Å². The first-order valence-electron chi connectivity index (χ1n) is 11.1. The van der Waals surface area contributed by atoms with Crippen LogP contribution in [0.1, 0.15) is 40.2 Å². The van der Waals surface area contributed by atoms with Gasteiger partial charge < -0.3 is 20.3 Å². The number of benzene rings is 2. The number of nitrogens with zero attached hydrogens (tertiary/aromatic N) is 3. The number of hydrogen-bond donors (Lipinski definition) is 3. The molecule has 166 valence electrons. The van der Waals surface area contributed by atoms with E-state index >= 15 is 0 Å². The molecule has 7 heteroatoms. The minimum absolute atomic E-state index is 0.250. The van der Waals surface area contributed by atoms with Gasteiger partial charge >= 0.3 is 5.97 Å². The van der Waals surface area contributed by atoms with E-state index in [0.717, 1.165) is 36.3 Å². The number of carboxylic acids is 1. The number of aromatic nitrogens is 3. The highest BCUT2D eigenvalue weighted by molar-refractivity contribution is 5.93. The Morgan fingerprint density at radius 2 is 1.91 bits per heavy atom. The van der Waals surface area contributed by atoms with Gasteiger partial charge in [-0.2, -0.15) is 0 Å². The predicted molar refractivity (Wildman–Crippen MR) is 129 cm³/mol. The zero-order valence-corrected chi connectivity index (χ0v) is 18.1. The molecule has 7 nitrogen and oxygen atoms in total. The van der Waals surface area contributed by atoms with E-state index in [1.807, 2.05) is 10.8 Å². The molecule has 5 rings (SSSR count). The van der Waals surface area contributed by atoms with Crippen molar-refractivity contribution < 1.29 is 9.90 Å². The third-order valence-corrected chi connectivity index (χ3v) is 6.13. The Hall–Kier alpha value is -4.13. The second kappa shape index (κ2) is 9.16. The fourth-order valence-electron chi connectivity index (χ4n) is 4.46. The quantitative estimate of drug-likeness (QED) is 0.365. The largest absolute Gasteiger partial charge is 0.478 e. The van der Waals surface area contributed by atoms with E-state index in [1.54, 1.807) is 18.7 Å². The highest BCUT2D eigenvalue weighted by Gasteiger charge is 2.21. The Kier molecular flexibility index (Phi) is 5.76. The molecule has 0 unspecified atom stereocenters. The lowest BCUT2D eigenvalue weighted by Crippen LogP contribution is -2.19. The average molecular weight is 440 g/mol. The Morgan fingerprint density at radius 3 is 2.70 bits per heavy atom. The number of aryl methyl sites for hydroxylation is 1. The summed E-state index contributed by atoms with van der Waals surface area (Å²) in [6.45, 7) is 0.682. The number of aromatic carboxylic acids is 1. The Morgan fingerprint density at radius 1 is 1.06 bits per heavy atom. The first kappa shape index (κ1) is 20.8. The maximum absolute atomic E-state index is 11.5. The van der Waals surface area contributed by atoms with Crippen LogP contribution in [0, 0.1) is 0 Å². The van der Waals surface area contributed by atoms with Gasteiger partial charge in [0, 0.05) is 48.1 Å². The van der Waals surface area contributed by atoms with Crippen molar-refractivity contribution in [2.45, 2.75) is 25.2 Å². The molecule has 0 saturated carbocycles. The summed E-state index contributed by atoms with van der Waals surface area (Å²) >= 11 is 0. The monoisotopic (exact) mass is 439 g/mol. The Balaban J connectivity index is 1.28. The number of nitrogens with one attached hydrogen (secondary N) is 2. The van der Waals surface area contributed by atoms with Gasteiger partial charge in [0.1, 0.15) is 0 Å². The molecule has 2 aromatic carbocycles. The van der Waals surface area contributed by atoms with Crippen molar-refractivity contribution in [1.82, 2.24) is 14.5 Å². The van der Waals surface area contributed by atoms with Gasteiger partial charge in [0.05, 0.1) is 23.8 Å². The number of hydrogen-bond acceptors (Lipinski definition) is 5. The molecule has 1 aliphatic carbocycles. The van der Waals surface area contributed by atoms with Crippen molar-refractivity contribution in [3.63, 3.8) is 0 Å². The summed E-state index contributed by atoms with van der Waals surface area (Å²) in [5, 5.41) is 16.2. The smallest absolute Gasteiger partial charge is 0.337 e. The number of pyridine rings is 1. The summed E-state index contributed by atoms with van der Waals surface area (Å²) in [7, 11) is 0. The van der Waals surface area contributed by atoms with Gasteiger partial charge in [0.2, 0.25) is 0 Å². The second-order valence-electron chi connectivity index (χ2n) is 8.25. The lowest BCUT2D eigenvalue weighted by molar-refractivity contribution is 0.0697. The molecule has 0 bridgehead atoms. The van der Waals surface area contributed by atoms with Crippen LogP contribution in [0.3, 0.4) is 0 Å². The fourth-order valence-corrected chi connectivity index (χ4v) is 4.46. The molecule has 33 heavy (non-hydrogen) atoms. The molecule has 0 spiro atoms. The van der Waals surface area contributed by atoms with E-state index in [2.05, 4.69) is 63.1 Å². The van der Waals surface area contributed by atoms with Crippen molar-refractivity contribution in [1.29, 1.82) is 0 Å². The first-order chi connectivity index (χ1) is 16.2. The summed E-state index contributed by atoms with van der Waals surface area (Å²) in [5.74, 6) is -0.614. The zero-order valence-electron chi connectivity index (χ0n) is 18.1. The van der Waals surface area contributed by atoms with Gasteiger partial charge in [-0.3, -0.25) is 4.98 Å². The van der Waals surface area contributed by atoms with Crippen molar-refractivity contribution in [2.24, 2.45) is 0 Å². The van der Waals surface area contributed by atoms with Crippen LogP contribution in [0.15, 0.2) is 79.6 Å². The highest BCUT2D eigenvalue weighted by Crippen LogP contribution is 2.34. The number of rotatable bonds is 7. The minimum atomic E-state index is -0.947. The topological polar surface area (TPSA) is 92.1 Å². The molecule has 0 radical (unpaired) electrons. The van der Waals surface area contributed by atoms with Crippen LogP contribution in [-0.2, 0) is 6.42 Å². The fraction of sp³-hybridized carbons (Fsp3) is 0.192. The van der Waals surface area contributed by atoms with Gasteiger partial charge in [-0.1, -0.05) is 6.07 Å². The molecule has 4 aromatic rings. The van der Waals surface area contributed by atoms with E-state index in [0.29, 0.717) is 18.2 Å². The van der Waals surface area contributed by atoms with Gasteiger partial charge in [0.15, 0.2) is 0 Å². The lowest BCUT2D eigenvalue weighted by Gasteiger charge is -2.27. The molecule has 0 fully saturated rings. The molecule has 3 N–H and O–H groups in total. The third kappa shape index (κ3) is 4.57. The van der Waals surface area contributed by atoms with Crippen molar-refractivity contribution in [3.05, 3.63) is 96.3 Å². The van der Waals surface area contributed by atoms with Gasteiger partial charge in [-0.15, -0.1) is 0 Å². The van der Waals surface area contributed by atoms with Crippen molar-refractivity contribution in [3.8, 4) is 5.69 Å². The van der Waals surface area contributed by atoms with Crippen LogP contribution in [0.25, 0.3) is 5.69 Å². The molecule has 0 saturated heterocycles. The lowest BCUT2D eigenvalue weighted by atomic mass is 9.82. The maximum Gasteiger partial charge on any atom is 0.337 e. The summed E-state index contributed by atoms with van der Waals surface area (Å²) in [5.41, 5.74) is 6.66. The summed E-state index contributed by atoms with van der Waals surface area (Å²) < 4.78 is 1.97. The first-order valence-corrected chi connectivity index (χ1v) is 11.1. The second-order valence-corrected chi connectivity index (χ2v) is 8.25. The van der Waals surface area contributed by atoms with Gasteiger partial charge in [0.25, 0.3) is 0 Å². The SMILES string of the molecule is O=C(O)c1ccncc1NC[C@@H]1CCCc2cc(Nc3ccc(-n4ccnc4)cc3)ccc21. The van der Waals surface area contributed by atoms with E-state index in [-0.39, 0.29) is 5.56 Å². The molecular weight excluding hydrogens is 414 g/mol. The standard InChI is InChI=1S/C26H25N5O2/c32-26(33)24-10-11-27-16-25(24)29-15-19-3-1-2-18-14-21(6-9-23(18)19)30-20-4-7-22(8-5-20)31-13-12-28-17-31/h4-14,16-17,19,29-30H,1-3,15H2,(H,32,33)/t19-/m0/s1. The number of carbonyl (C=O) groups is 1. The minimum Gasteiger partial charge on any atom is -0.478 e. The van der Waals surface area contributed by atoms with Gasteiger partial charge in [-0.05, 0) is 72.9 Å². The molecule has 2 heterocycles. The predicted octanol–water partition coefficient (Wildman–Crippen LogP) is 5.24. The number of fused-ring (bicyclic) bond motifs is 1. The third-order valence-electron chi connectivity index (χ3n) is 6.13. The Labute approximate surface area is 192 Å². The van der Waals surface area contributed by atoms with Crippen LogP contribution in [0.5, 0.6) is 0 Å². The molecule has 1 aliphatic rings. The molecule has 0 amide bonds. The van der Waals surface area contributed by atoms with Crippen LogP contribution in [0.2, 0.25) is 0 Å². The average Bonchev–Trinajstić information content (AvgIpc) is 3.38. The Bertz CT molecular complexity index is 1250.